The number of nitrogens with zero attached hydrogens (tertiary/aromatic N) is 6. The van der Waals surface area contributed by atoms with Crippen molar-refractivity contribution in [2.45, 2.75) is 19.4 Å². The van der Waals surface area contributed by atoms with Gasteiger partial charge in [-0.3, -0.25) is 0 Å². The van der Waals surface area contributed by atoms with Crippen molar-refractivity contribution in [2.24, 2.45) is 7.05 Å². The van der Waals surface area contributed by atoms with Crippen LogP contribution in [0.2, 0.25) is 0 Å². The van der Waals surface area contributed by atoms with Gasteiger partial charge in [-0.2, -0.15) is 0 Å². The van der Waals surface area contributed by atoms with Gasteiger partial charge in [0.2, 0.25) is 5.95 Å². The summed E-state index contributed by atoms with van der Waals surface area (Å²) >= 11 is 0. The Labute approximate surface area is 207 Å². The number of hydrogen-bond acceptors (Lipinski definition) is 7. The van der Waals surface area contributed by atoms with E-state index in [0.29, 0.717) is 19.1 Å². The predicted molar refractivity (Wildman–Crippen MR) is 137 cm³/mol. The molecule has 0 saturated carbocycles. The molecule has 0 spiro atoms. The third-order valence-electron chi connectivity index (χ3n) is 5.84. The first-order valence-electron chi connectivity index (χ1n) is 11.6. The van der Waals surface area contributed by atoms with Crippen molar-refractivity contribution < 1.29 is 9.66 Å². The van der Waals surface area contributed by atoms with Gasteiger partial charge < -0.3 is 24.7 Å². The average molecular weight is 484 g/mol. The Kier molecular flexibility index (Phi) is 6.57. The number of unbranched alkanes of at least 4 members (excludes halogenated alkanes) is 1. The van der Waals surface area contributed by atoms with E-state index in [0.717, 1.165) is 46.4 Å². The van der Waals surface area contributed by atoms with Gasteiger partial charge in [0.25, 0.3) is 0 Å². The number of aromatic nitrogens is 5. The van der Waals surface area contributed by atoms with E-state index in [1.807, 2.05) is 49.5 Å². The van der Waals surface area contributed by atoms with E-state index in [1.54, 1.807) is 12.4 Å². The van der Waals surface area contributed by atoms with Crippen LogP contribution in [0.25, 0.3) is 22.2 Å². The number of fused-ring (bicyclic) bond motifs is 1. The second kappa shape index (κ2) is 10.3. The molecule has 5 rings (SSSR count). The summed E-state index contributed by atoms with van der Waals surface area (Å²) in [6, 6.07) is 17.8. The number of anilines is 2. The molecule has 0 amide bonds. The summed E-state index contributed by atoms with van der Waals surface area (Å²) in [5.41, 5.74) is 3.86. The summed E-state index contributed by atoms with van der Waals surface area (Å²) < 4.78 is 9.52. The molecule has 0 aliphatic carbocycles. The summed E-state index contributed by atoms with van der Waals surface area (Å²) in [6.07, 6.45) is 8.38. The lowest BCUT2D eigenvalue weighted by Gasteiger charge is -2.10. The van der Waals surface area contributed by atoms with Crippen LogP contribution in [0.3, 0.4) is 0 Å². The molecule has 5 aromatic rings. The van der Waals surface area contributed by atoms with Crippen LogP contribution in [-0.2, 0) is 13.6 Å². The Balaban J connectivity index is 1.20. The highest BCUT2D eigenvalue weighted by Crippen LogP contribution is 2.29. The van der Waals surface area contributed by atoms with Crippen LogP contribution in [0.5, 0.6) is 5.75 Å². The average Bonchev–Trinajstić information content (AvgIpc) is 3.49. The molecule has 2 aromatic carbocycles. The van der Waals surface area contributed by atoms with Crippen molar-refractivity contribution >= 4 is 28.5 Å². The van der Waals surface area contributed by atoms with Crippen LogP contribution in [0.15, 0.2) is 79.4 Å². The summed E-state index contributed by atoms with van der Waals surface area (Å²) in [6.45, 7) is 1.02. The molecule has 0 fully saturated rings. The van der Waals surface area contributed by atoms with Gasteiger partial charge >= 0.3 is 5.95 Å². The minimum Gasteiger partial charge on any atom is -0.494 e. The van der Waals surface area contributed by atoms with E-state index in [-0.39, 0.29) is 5.95 Å². The van der Waals surface area contributed by atoms with E-state index < -0.39 is 4.92 Å². The van der Waals surface area contributed by atoms with Crippen molar-refractivity contribution in [3.05, 3.63) is 89.5 Å². The highest BCUT2D eigenvalue weighted by atomic mass is 16.6. The summed E-state index contributed by atoms with van der Waals surface area (Å²) in [5.74, 6) is 1.08. The van der Waals surface area contributed by atoms with E-state index in [1.165, 1.54) is 10.8 Å². The molecule has 0 unspecified atom stereocenters. The molecule has 3 aromatic heterocycles. The highest BCUT2D eigenvalue weighted by Gasteiger charge is 2.13. The minimum absolute atomic E-state index is 0.138. The fourth-order valence-corrected chi connectivity index (χ4v) is 4.13. The normalized spacial score (nSPS) is 11.0. The minimum atomic E-state index is -0.476. The van der Waals surface area contributed by atoms with E-state index >= 15 is 0 Å². The fourth-order valence-electron chi connectivity index (χ4n) is 4.13. The monoisotopic (exact) mass is 483 g/mol. The molecule has 36 heavy (non-hydrogen) atoms. The first-order chi connectivity index (χ1) is 17.6. The predicted octanol–water partition coefficient (Wildman–Crippen LogP) is 5.34. The van der Waals surface area contributed by atoms with Crippen LogP contribution in [0.1, 0.15) is 12.8 Å². The summed E-state index contributed by atoms with van der Waals surface area (Å²) in [5, 5.41) is 15.3. The van der Waals surface area contributed by atoms with Gasteiger partial charge in [0.1, 0.15) is 18.1 Å². The van der Waals surface area contributed by atoms with E-state index in [9.17, 15) is 10.1 Å². The summed E-state index contributed by atoms with van der Waals surface area (Å²) in [4.78, 5) is 23.3. The maximum Gasteiger partial charge on any atom is 0.434 e. The standard InChI is InChI=1S/C26H25N7O3/c1-31-18-22(21-9-2-3-10-24(21)31)23-11-12-27-25(30-23)29-19-7-6-8-20(17-19)36-16-5-4-14-32-15-13-28-26(32)33(34)35/h2-3,6-13,15,17-18H,4-5,14,16H2,1H3,(H,27,29,30). The zero-order valence-corrected chi connectivity index (χ0v) is 19.7. The zero-order valence-electron chi connectivity index (χ0n) is 19.7. The molecule has 0 bridgehead atoms. The van der Waals surface area contributed by atoms with Crippen molar-refractivity contribution in [1.29, 1.82) is 0 Å². The van der Waals surface area contributed by atoms with Gasteiger partial charge in [0.05, 0.1) is 18.8 Å². The van der Waals surface area contributed by atoms with Gasteiger partial charge in [-0.05, 0) is 42.0 Å². The molecule has 0 saturated heterocycles. The summed E-state index contributed by atoms with van der Waals surface area (Å²) in [7, 11) is 2.03. The van der Waals surface area contributed by atoms with Crippen molar-refractivity contribution in [3.8, 4) is 17.0 Å². The number of aryl methyl sites for hydroxylation is 2. The lowest BCUT2D eigenvalue weighted by atomic mass is 10.1. The molecule has 0 atom stereocenters. The zero-order chi connectivity index (χ0) is 24.9. The second-order valence-corrected chi connectivity index (χ2v) is 8.32. The molecule has 182 valence electrons. The number of rotatable bonds is 10. The number of benzene rings is 2. The number of nitro groups is 1. The third-order valence-corrected chi connectivity index (χ3v) is 5.84. The SMILES string of the molecule is Cn1cc(-c2ccnc(Nc3cccc(OCCCCn4ccnc4[N+](=O)[O-])c3)n2)c2ccccc21. The first kappa shape index (κ1) is 23.0. The van der Waals surface area contributed by atoms with Gasteiger partial charge in [-0.15, -0.1) is 0 Å². The molecule has 10 nitrogen and oxygen atoms in total. The maximum atomic E-state index is 10.9. The van der Waals surface area contributed by atoms with Gasteiger partial charge in [0.15, 0.2) is 0 Å². The number of hydrogen-bond donors (Lipinski definition) is 1. The Morgan fingerprint density at radius 1 is 1.06 bits per heavy atom. The highest BCUT2D eigenvalue weighted by molar-refractivity contribution is 5.95. The smallest absolute Gasteiger partial charge is 0.434 e. The fraction of sp³-hybridized carbons (Fsp3) is 0.192. The lowest BCUT2D eigenvalue weighted by molar-refractivity contribution is -0.396. The van der Waals surface area contributed by atoms with E-state index in [2.05, 4.69) is 38.2 Å². The molecule has 1 N–H and O–H groups in total. The van der Waals surface area contributed by atoms with Crippen molar-refractivity contribution in [2.75, 3.05) is 11.9 Å². The Morgan fingerprint density at radius 2 is 1.94 bits per heavy atom. The topological polar surface area (TPSA) is 113 Å². The van der Waals surface area contributed by atoms with Crippen LogP contribution in [-0.4, -0.2) is 35.6 Å². The van der Waals surface area contributed by atoms with Crippen molar-refractivity contribution in [3.63, 3.8) is 0 Å². The van der Waals surface area contributed by atoms with Crippen LogP contribution in [0, 0.1) is 10.1 Å². The lowest BCUT2D eigenvalue weighted by Crippen LogP contribution is -2.05. The molecular formula is C26H25N7O3. The first-order valence-corrected chi connectivity index (χ1v) is 11.6. The largest absolute Gasteiger partial charge is 0.494 e. The number of imidazole rings is 1. The van der Waals surface area contributed by atoms with Gasteiger partial charge in [0, 0.05) is 47.7 Å². The Bertz CT molecular complexity index is 1510. The van der Waals surface area contributed by atoms with Gasteiger partial charge in [-0.25, -0.2) is 14.5 Å². The number of ether oxygens (including phenoxy) is 1. The molecule has 3 heterocycles. The van der Waals surface area contributed by atoms with E-state index in [4.69, 9.17) is 9.72 Å². The van der Waals surface area contributed by atoms with Crippen LogP contribution >= 0.6 is 0 Å². The molecular weight excluding hydrogens is 458 g/mol. The van der Waals surface area contributed by atoms with Crippen LogP contribution in [0.4, 0.5) is 17.6 Å². The molecule has 10 heteroatoms. The number of para-hydroxylation sites is 1. The molecule has 0 aliphatic rings. The Hall–Kier alpha value is -4.73. The quantitative estimate of drug-likeness (QED) is 0.162. The van der Waals surface area contributed by atoms with Crippen LogP contribution < -0.4 is 10.1 Å². The van der Waals surface area contributed by atoms with Crippen molar-refractivity contribution in [1.82, 2.24) is 24.1 Å². The third kappa shape index (κ3) is 5.02. The molecule has 0 radical (unpaired) electrons. The maximum absolute atomic E-state index is 10.9. The Morgan fingerprint density at radius 3 is 2.83 bits per heavy atom. The van der Waals surface area contributed by atoms with Gasteiger partial charge in [-0.1, -0.05) is 29.2 Å². The number of nitrogens with one attached hydrogen (secondary N) is 1. The second-order valence-electron chi connectivity index (χ2n) is 8.32. The molecule has 0 aliphatic heterocycles.